The summed E-state index contributed by atoms with van der Waals surface area (Å²) in [6.45, 7) is 1.65. The monoisotopic (exact) mass is 295 g/mol. The molecule has 3 aromatic rings. The van der Waals surface area contributed by atoms with Crippen LogP contribution in [0.15, 0.2) is 49.1 Å². The molecule has 1 aliphatic rings. The summed E-state index contributed by atoms with van der Waals surface area (Å²) in [7, 11) is 0. The second-order valence-corrected chi connectivity index (χ2v) is 5.41. The van der Waals surface area contributed by atoms with E-state index in [-0.39, 0.29) is 0 Å². The molecule has 1 aromatic carbocycles. The summed E-state index contributed by atoms with van der Waals surface area (Å²) < 4.78 is 7.77. The number of aromatic nitrogens is 4. The first kappa shape index (κ1) is 13.1. The van der Waals surface area contributed by atoms with Gasteiger partial charge in [-0.3, -0.25) is 4.98 Å². The Morgan fingerprint density at radius 1 is 1.18 bits per heavy atom. The number of fused-ring (bicyclic) bond motifs is 1. The normalized spacial score (nSPS) is 18.0. The lowest BCUT2D eigenvalue weighted by Gasteiger charge is -2.26. The van der Waals surface area contributed by atoms with Crippen LogP contribution in [0.2, 0.25) is 0 Å². The fraction of sp³-hybridized carbons (Fsp3) is 0.312. The van der Waals surface area contributed by atoms with Crippen LogP contribution in [0, 0.1) is 0 Å². The second kappa shape index (κ2) is 5.63. The van der Waals surface area contributed by atoms with Gasteiger partial charge in [-0.05, 0) is 25.0 Å². The van der Waals surface area contributed by atoms with Crippen molar-refractivity contribution in [2.24, 2.45) is 0 Å². The largest absolute Gasteiger partial charge is 0.491 e. The molecule has 2 aromatic heterocycles. The molecule has 3 heterocycles. The van der Waals surface area contributed by atoms with Crippen LogP contribution >= 0.6 is 0 Å². The molecule has 0 saturated carbocycles. The van der Waals surface area contributed by atoms with Crippen LogP contribution in [-0.4, -0.2) is 38.8 Å². The predicted octanol–water partition coefficient (Wildman–Crippen LogP) is 2.17. The van der Waals surface area contributed by atoms with E-state index in [0.29, 0.717) is 12.6 Å². The zero-order valence-electron chi connectivity index (χ0n) is 12.2. The van der Waals surface area contributed by atoms with Crippen molar-refractivity contribution in [2.75, 3.05) is 18.1 Å². The Kier molecular flexibility index (Phi) is 3.34. The van der Waals surface area contributed by atoms with Gasteiger partial charge in [0, 0.05) is 6.54 Å². The predicted molar refractivity (Wildman–Crippen MR) is 83.1 cm³/mol. The molecule has 1 fully saturated rings. The van der Waals surface area contributed by atoms with Crippen molar-refractivity contribution >= 4 is 11.5 Å². The molecule has 0 spiro atoms. The first-order valence-electron chi connectivity index (χ1n) is 7.50. The number of rotatable bonds is 4. The fourth-order valence-electron chi connectivity index (χ4n) is 2.96. The minimum absolute atomic E-state index is 0.330. The quantitative estimate of drug-likeness (QED) is 0.738. The number of nitrogens with zero attached hydrogens (tertiary/aromatic N) is 5. The summed E-state index contributed by atoms with van der Waals surface area (Å²) in [5, 5.41) is 4.30. The smallest absolute Gasteiger partial charge is 0.175 e. The van der Waals surface area contributed by atoms with E-state index in [1.807, 2.05) is 41.0 Å². The van der Waals surface area contributed by atoms with Crippen molar-refractivity contribution in [3.05, 3.63) is 49.1 Å². The minimum atomic E-state index is 0.330. The van der Waals surface area contributed by atoms with Crippen LogP contribution < -0.4 is 9.64 Å². The highest BCUT2D eigenvalue weighted by Crippen LogP contribution is 2.25. The number of anilines is 1. The maximum atomic E-state index is 5.93. The first-order chi connectivity index (χ1) is 10.9. The third-order valence-corrected chi connectivity index (χ3v) is 4.03. The third kappa shape index (κ3) is 2.36. The molecular formula is C16H17N5O. The molecule has 112 valence electrons. The van der Waals surface area contributed by atoms with Gasteiger partial charge in [-0.2, -0.15) is 9.61 Å². The molecule has 1 saturated heterocycles. The molecule has 0 amide bonds. The highest BCUT2D eigenvalue weighted by molar-refractivity contribution is 5.48. The van der Waals surface area contributed by atoms with Crippen molar-refractivity contribution in [1.82, 2.24) is 19.6 Å². The maximum Gasteiger partial charge on any atom is 0.175 e. The van der Waals surface area contributed by atoms with Crippen molar-refractivity contribution in [2.45, 2.75) is 18.9 Å². The van der Waals surface area contributed by atoms with Gasteiger partial charge in [0.25, 0.3) is 0 Å². The van der Waals surface area contributed by atoms with E-state index in [2.05, 4.69) is 20.0 Å². The van der Waals surface area contributed by atoms with Gasteiger partial charge in [0.05, 0.1) is 18.4 Å². The van der Waals surface area contributed by atoms with Gasteiger partial charge in [0.1, 0.15) is 18.7 Å². The molecule has 6 nitrogen and oxygen atoms in total. The molecule has 1 atom stereocenters. The van der Waals surface area contributed by atoms with Crippen molar-refractivity contribution in [3.8, 4) is 5.75 Å². The first-order valence-corrected chi connectivity index (χ1v) is 7.50. The molecule has 4 rings (SSSR count). The zero-order valence-corrected chi connectivity index (χ0v) is 12.2. The van der Waals surface area contributed by atoms with Gasteiger partial charge in [0.15, 0.2) is 11.5 Å². The van der Waals surface area contributed by atoms with Gasteiger partial charge in [-0.25, -0.2) is 4.98 Å². The Morgan fingerprint density at radius 3 is 3.00 bits per heavy atom. The van der Waals surface area contributed by atoms with E-state index in [0.717, 1.165) is 36.6 Å². The van der Waals surface area contributed by atoms with E-state index >= 15 is 0 Å². The summed E-state index contributed by atoms with van der Waals surface area (Å²) >= 11 is 0. The zero-order chi connectivity index (χ0) is 14.8. The Labute approximate surface area is 128 Å². The lowest BCUT2D eigenvalue weighted by molar-refractivity contribution is 0.288. The highest BCUT2D eigenvalue weighted by atomic mass is 16.5. The van der Waals surface area contributed by atoms with E-state index < -0.39 is 0 Å². The topological polar surface area (TPSA) is 55.5 Å². The molecule has 6 heteroatoms. The summed E-state index contributed by atoms with van der Waals surface area (Å²) in [6.07, 6.45) is 7.39. The van der Waals surface area contributed by atoms with Crippen LogP contribution in [0.1, 0.15) is 12.8 Å². The average molecular weight is 295 g/mol. The third-order valence-electron chi connectivity index (χ3n) is 4.03. The lowest BCUT2D eigenvalue weighted by Crippen LogP contribution is -2.35. The van der Waals surface area contributed by atoms with Crippen LogP contribution in [0.25, 0.3) is 5.65 Å². The number of hydrogen-bond acceptors (Lipinski definition) is 5. The number of para-hydroxylation sites is 1. The second-order valence-electron chi connectivity index (χ2n) is 5.41. The molecule has 0 radical (unpaired) electrons. The number of benzene rings is 1. The number of ether oxygens (including phenoxy) is 1. The van der Waals surface area contributed by atoms with Gasteiger partial charge >= 0.3 is 0 Å². The minimum Gasteiger partial charge on any atom is -0.491 e. The Balaban J connectivity index is 1.55. The molecule has 22 heavy (non-hydrogen) atoms. The van der Waals surface area contributed by atoms with Gasteiger partial charge in [-0.15, -0.1) is 0 Å². The summed E-state index contributed by atoms with van der Waals surface area (Å²) in [4.78, 5) is 10.8. The summed E-state index contributed by atoms with van der Waals surface area (Å²) in [6, 6.07) is 10.3. The molecule has 0 unspecified atom stereocenters. The molecule has 1 aliphatic heterocycles. The van der Waals surface area contributed by atoms with E-state index in [9.17, 15) is 0 Å². The van der Waals surface area contributed by atoms with Gasteiger partial charge < -0.3 is 9.64 Å². The Hall–Kier alpha value is -2.63. The summed E-state index contributed by atoms with van der Waals surface area (Å²) in [5.41, 5.74) is 0.770. The van der Waals surface area contributed by atoms with Crippen molar-refractivity contribution in [1.29, 1.82) is 0 Å². The maximum absolute atomic E-state index is 5.93. The van der Waals surface area contributed by atoms with Crippen LogP contribution in [-0.2, 0) is 0 Å². The van der Waals surface area contributed by atoms with Crippen LogP contribution in [0.4, 0.5) is 5.82 Å². The average Bonchev–Trinajstić information content (AvgIpc) is 3.22. The van der Waals surface area contributed by atoms with E-state index in [4.69, 9.17) is 4.74 Å². The summed E-state index contributed by atoms with van der Waals surface area (Å²) in [5.74, 6) is 1.89. The fourth-order valence-corrected chi connectivity index (χ4v) is 2.96. The van der Waals surface area contributed by atoms with Crippen molar-refractivity contribution in [3.63, 3.8) is 0 Å². The van der Waals surface area contributed by atoms with E-state index in [1.54, 1.807) is 12.5 Å². The number of hydrogen-bond donors (Lipinski definition) is 0. The molecule has 0 bridgehead atoms. The van der Waals surface area contributed by atoms with Gasteiger partial charge in [-0.1, -0.05) is 18.2 Å². The standard InChI is InChI=1S/C16H17N5O/c1-2-6-14(7-3-1)22-11-13-5-4-8-20(13)16-10-17-9-15-18-12-19-21(15)16/h1-3,6-7,9-10,12-13H,4-5,8,11H2/t13-/m0/s1. The SMILES string of the molecule is c1ccc(OC[C@@H]2CCCN2c2cncc3ncnn23)cc1. The van der Waals surface area contributed by atoms with E-state index in [1.165, 1.54) is 0 Å². The van der Waals surface area contributed by atoms with Crippen LogP contribution in [0.3, 0.4) is 0 Å². The van der Waals surface area contributed by atoms with Gasteiger partial charge in [0.2, 0.25) is 0 Å². The lowest BCUT2D eigenvalue weighted by atomic mass is 10.2. The Bertz CT molecular complexity index is 757. The van der Waals surface area contributed by atoms with Crippen LogP contribution in [0.5, 0.6) is 5.75 Å². The molecular weight excluding hydrogens is 278 g/mol. The van der Waals surface area contributed by atoms with Crippen molar-refractivity contribution < 1.29 is 4.74 Å². The molecule has 0 aliphatic carbocycles. The molecule has 0 N–H and O–H groups in total. The Morgan fingerprint density at radius 2 is 2.09 bits per heavy atom. The highest BCUT2D eigenvalue weighted by Gasteiger charge is 2.27.